The van der Waals surface area contributed by atoms with E-state index in [9.17, 15) is 0 Å². The minimum atomic E-state index is 0.682. The highest BCUT2D eigenvalue weighted by atomic mass is 16.5. The molecule has 0 saturated carbocycles. The molecule has 1 unspecified atom stereocenters. The number of ether oxygens (including phenoxy) is 1. The summed E-state index contributed by atoms with van der Waals surface area (Å²) in [6.07, 6.45) is 13.3. The van der Waals surface area contributed by atoms with E-state index in [1.807, 2.05) is 19.1 Å². The van der Waals surface area contributed by atoms with E-state index < -0.39 is 0 Å². The van der Waals surface area contributed by atoms with Crippen molar-refractivity contribution in [2.75, 3.05) is 6.61 Å². The van der Waals surface area contributed by atoms with Gasteiger partial charge in [0.25, 0.3) is 0 Å². The van der Waals surface area contributed by atoms with Gasteiger partial charge in [-0.05, 0) is 25.3 Å². The molecule has 0 heterocycles. The second kappa shape index (κ2) is 10.5. The summed E-state index contributed by atoms with van der Waals surface area (Å²) in [6.45, 7) is 10.9. The lowest BCUT2D eigenvalue weighted by Crippen LogP contribution is -1.95. The Morgan fingerprint density at radius 3 is 2.56 bits per heavy atom. The molecule has 0 rings (SSSR count). The minimum Gasteiger partial charge on any atom is -0.495 e. The molecule has 0 aliphatic rings. The van der Waals surface area contributed by atoms with Crippen molar-refractivity contribution in [2.45, 2.75) is 46.5 Å². The molecule has 16 heavy (non-hydrogen) atoms. The van der Waals surface area contributed by atoms with Crippen molar-refractivity contribution in [3.8, 4) is 0 Å². The highest BCUT2D eigenvalue weighted by Gasteiger charge is 2.00. The Labute approximate surface area is 101 Å². The van der Waals surface area contributed by atoms with Crippen molar-refractivity contribution >= 4 is 0 Å². The Kier molecular flexibility index (Phi) is 9.89. The number of rotatable bonds is 9. The molecule has 92 valence electrons. The molecule has 0 saturated heterocycles. The van der Waals surface area contributed by atoms with Crippen LogP contribution in [0.3, 0.4) is 0 Å². The van der Waals surface area contributed by atoms with Crippen LogP contribution in [0.15, 0.2) is 36.6 Å². The number of hydrogen-bond acceptors (Lipinski definition) is 1. The van der Waals surface area contributed by atoms with Gasteiger partial charge in [0.1, 0.15) is 5.76 Å². The SMILES string of the molecule is C=C(/C=C\C=C/CC(CC)CCC)OCC. The van der Waals surface area contributed by atoms with Crippen molar-refractivity contribution < 1.29 is 4.74 Å². The summed E-state index contributed by atoms with van der Waals surface area (Å²) >= 11 is 0. The first-order valence-corrected chi connectivity index (χ1v) is 6.39. The maximum atomic E-state index is 5.21. The molecule has 0 aromatic carbocycles. The fourth-order valence-electron chi connectivity index (χ4n) is 1.64. The standard InChI is InChI=1S/C15H26O/c1-5-11-15(6-2)13-10-8-9-12-14(4)16-7-3/h8-10,12,15H,4-7,11,13H2,1-3H3/b10-8-,12-9-. The average Bonchev–Trinajstić information content (AvgIpc) is 2.27. The summed E-state index contributed by atoms with van der Waals surface area (Å²) in [5.41, 5.74) is 0. The Bertz CT molecular complexity index is 226. The number of hydrogen-bond donors (Lipinski definition) is 0. The zero-order chi connectivity index (χ0) is 12.2. The van der Waals surface area contributed by atoms with Crippen LogP contribution in [-0.2, 0) is 4.74 Å². The fraction of sp³-hybridized carbons (Fsp3) is 0.600. The van der Waals surface area contributed by atoms with Crippen LogP contribution in [0.25, 0.3) is 0 Å². The molecule has 0 fully saturated rings. The van der Waals surface area contributed by atoms with Gasteiger partial charge in [-0.3, -0.25) is 0 Å². The lowest BCUT2D eigenvalue weighted by atomic mass is 9.97. The van der Waals surface area contributed by atoms with Gasteiger partial charge in [0, 0.05) is 0 Å². The van der Waals surface area contributed by atoms with E-state index in [2.05, 4.69) is 32.6 Å². The summed E-state index contributed by atoms with van der Waals surface area (Å²) in [4.78, 5) is 0. The fourth-order valence-corrected chi connectivity index (χ4v) is 1.64. The molecule has 0 aliphatic heterocycles. The highest BCUT2D eigenvalue weighted by Crippen LogP contribution is 2.15. The predicted octanol–water partition coefficient (Wildman–Crippen LogP) is 4.87. The van der Waals surface area contributed by atoms with E-state index in [4.69, 9.17) is 4.74 Å². The average molecular weight is 222 g/mol. The van der Waals surface area contributed by atoms with E-state index >= 15 is 0 Å². The van der Waals surface area contributed by atoms with Gasteiger partial charge in [-0.15, -0.1) is 0 Å². The topological polar surface area (TPSA) is 9.23 Å². The Morgan fingerprint density at radius 2 is 2.00 bits per heavy atom. The van der Waals surface area contributed by atoms with Crippen LogP contribution < -0.4 is 0 Å². The van der Waals surface area contributed by atoms with Crippen LogP contribution in [0.1, 0.15) is 46.5 Å². The first-order valence-electron chi connectivity index (χ1n) is 6.39. The molecule has 0 radical (unpaired) electrons. The van der Waals surface area contributed by atoms with E-state index in [1.165, 1.54) is 25.7 Å². The first kappa shape index (κ1) is 15.0. The Morgan fingerprint density at radius 1 is 1.25 bits per heavy atom. The molecule has 1 heteroatoms. The molecule has 0 aromatic rings. The third-order valence-corrected chi connectivity index (χ3v) is 2.60. The number of allylic oxidation sites excluding steroid dienone is 4. The van der Waals surface area contributed by atoms with E-state index in [1.54, 1.807) is 0 Å². The van der Waals surface area contributed by atoms with Gasteiger partial charge in [0.15, 0.2) is 0 Å². The van der Waals surface area contributed by atoms with Crippen LogP contribution in [0.5, 0.6) is 0 Å². The van der Waals surface area contributed by atoms with Crippen molar-refractivity contribution in [2.24, 2.45) is 5.92 Å². The summed E-state index contributed by atoms with van der Waals surface area (Å²) < 4.78 is 5.21. The van der Waals surface area contributed by atoms with E-state index in [0.29, 0.717) is 6.61 Å². The van der Waals surface area contributed by atoms with Gasteiger partial charge in [-0.1, -0.05) is 57.9 Å². The summed E-state index contributed by atoms with van der Waals surface area (Å²) in [5, 5.41) is 0. The molecule has 1 atom stereocenters. The summed E-state index contributed by atoms with van der Waals surface area (Å²) in [7, 11) is 0. The second-order valence-corrected chi connectivity index (χ2v) is 3.99. The molecular weight excluding hydrogens is 196 g/mol. The first-order chi connectivity index (χ1) is 7.74. The van der Waals surface area contributed by atoms with E-state index in [-0.39, 0.29) is 0 Å². The maximum absolute atomic E-state index is 5.21. The monoisotopic (exact) mass is 222 g/mol. The normalized spacial score (nSPS) is 13.4. The predicted molar refractivity (Wildman–Crippen MR) is 72.4 cm³/mol. The largest absolute Gasteiger partial charge is 0.495 e. The lowest BCUT2D eigenvalue weighted by molar-refractivity contribution is 0.244. The summed E-state index contributed by atoms with van der Waals surface area (Å²) in [5.74, 6) is 1.57. The van der Waals surface area contributed by atoms with Gasteiger partial charge < -0.3 is 4.74 Å². The Hall–Kier alpha value is -0.980. The zero-order valence-corrected chi connectivity index (χ0v) is 11.0. The van der Waals surface area contributed by atoms with Crippen LogP contribution in [0.2, 0.25) is 0 Å². The third kappa shape index (κ3) is 8.34. The van der Waals surface area contributed by atoms with Crippen LogP contribution in [0.4, 0.5) is 0 Å². The third-order valence-electron chi connectivity index (χ3n) is 2.60. The lowest BCUT2D eigenvalue weighted by Gasteiger charge is -2.09. The van der Waals surface area contributed by atoms with Crippen LogP contribution in [-0.4, -0.2) is 6.61 Å². The minimum absolute atomic E-state index is 0.682. The van der Waals surface area contributed by atoms with Gasteiger partial charge in [-0.2, -0.15) is 0 Å². The van der Waals surface area contributed by atoms with Gasteiger partial charge in [0.2, 0.25) is 0 Å². The molecule has 0 amide bonds. The Balaban J connectivity index is 3.78. The van der Waals surface area contributed by atoms with Crippen molar-refractivity contribution in [3.05, 3.63) is 36.6 Å². The molecule has 0 N–H and O–H groups in total. The maximum Gasteiger partial charge on any atom is 0.112 e. The van der Waals surface area contributed by atoms with Crippen molar-refractivity contribution in [3.63, 3.8) is 0 Å². The highest BCUT2D eigenvalue weighted by molar-refractivity contribution is 5.14. The quantitative estimate of drug-likeness (QED) is 0.399. The van der Waals surface area contributed by atoms with E-state index in [0.717, 1.165) is 11.7 Å². The van der Waals surface area contributed by atoms with Gasteiger partial charge in [0.05, 0.1) is 6.61 Å². The smallest absolute Gasteiger partial charge is 0.112 e. The molecular formula is C15H26O. The van der Waals surface area contributed by atoms with Crippen LogP contribution >= 0.6 is 0 Å². The molecule has 0 spiro atoms. The van der Waals surface area contributed by atoms with Crippen molar-refractivity contribution in [1.82, 2.24) is 0 Å². The second-order valence-electron chi connectivity index (χ2n) is 3.99. The van der Waals surface area contributed by atoms with Gasteiger partial charge in [-0.25, -0.2) is 0 Å². The molecule has 0 aromatic heterocycles. The summed E-state index contributed by atoms with van der Waals surface area (Å²) in [6, 6.07) is 0. The molecule has 0 bridgehead atoms. The molecule has 0 aliphatic carbocycles. The van der Waals surface area contributed by atoms with Crippen molar-refractivity contribution in [1.29, 1.82) is 0 Å². The molecule has 1 nitrogen and oxygen atoms in total. The van der Waals surface area contributed by atoms with Gasteiger partial charge >= 0.3 is 0 Å². The zero-order valence-electron chi connectivity index (χ0n) is 11.0. The van der Waals surface area contributed by atoms with Crippen LogP contribution in [0, 0.1) is 5.92 Å².